The molecule has 1 aliphatic carbocycles. The third-order valence-electron chi connectivity index (χ3n) is 6.16. The van der Waals surface area contributed by atoms with Gasteiger partial charge in [0.1, 0.15) is 0 Å². The summed E-state index contributed by atoms with van der Waals surface area (Å²) in [6.07, 6.45) is 5.54. The van der Waals surface area contributed by atoms with Crippen molar-refractivity contribution < 1.29 is 9.90 Å². The maximum Gasteiger partial charge on any atom is 0.408 e. The lowest BCUT2D eigenvalue weighted by Crippen LogP contribution is -2.39. The average molecular weight is 520 g/mol. The van der Waals surface area contributed by atoms with Gasteiger partial charge < -0.3 is 10.0 Å². The van der Waals surface area contributed by atoms with Crippen molar-refractivity contribution in [2.45, 2.75) is 43.9 Å². The van der Waals surface area contributed by atoms with Crippen LogP contribution in [0.3, 0.4) is 0 Å². The van der Waals surface area contributed by atoms with E-state index < -0.39 is 6.09 Å². The number of rotatable bonds is 4. The summed E-state index contributed by atoms with van der Waals surface area (Å²) in [5.41, 5.74) is 5.71. The minimum atomic E-state index is -1.07. The van der Waals surface area contributed by atoms with Crippen molar-refractivity contribution >= 4 is 49.3 Å². The summed E-state index contributed by atoms with van der Waals surface area (Å²) in [6, 6.07) is 13.1. The molecule has 4 rings (SSSR count). The zero-order valence-corrected chi connectivity index (χ0v) is 19.4. The number of anilines is 2. The number of hydrogen-bond acceptors (Lipinski definition) is 2. The lowest BCUT2D eigenvalue weighted by atomic mass is 9.63. The Balaban J connectivity index is 1.81. The van der Waals surface area contributed by atoms with Crippen LogP contribution >= 0.6 is 31.9 Å². The topological polar surface area (TPSA) is 52.6 Å². The van der Waals surface area contributed by atoms with Crippen molar-refractivity contribution in [3.05, 3.63) is 68.7 Å². The molecule has 0 atom stereocenters. The lowest BCUT2D eigenvalue weighted by Gasteiger charge is -2.48. The highest BCUT2D eigenvalue weighted by molar-refractivity contribution is 9.10. The van der Waals surface area contributed by atoms with Gasteiger partial charge in [-0.15, -0.1) is 0 Å². The number of amides is 1. The third-order valence-corrected chi connectivity index (χ3v) is 7.14. The molecule has 0 saturated heterocycles. The van der Waals surface area contributed by atoms with E-state index in [4.69, 9.17) is 5.11 Å². The van der Waals surface area contributed by atoms with Gasteiger partial charge in [0.2, 0.25) is 0 Å². The number of nitrogens with one attached hydrogen (secondary N) is 1. The Kier molecular flexibility index (Phi) is 5.76. The van der Waals surface area contributed by atoms with Gasteiger partial charge in [-0.3, -0.25) is 5.32 Å². The molecule has 2 aromatic rings. The number of nitrogens with zero attached hydrogens (tertiary/aromatic N) is 1. The van der Waals surface area contributed by atoms with Crippen LogP contribution in [0.25, 0.3) is 0 Å². The molecule has 6 heteroatoms. The van der Waals surface area contributed by atoms with E-state index in [-0.39, 0.29) is 5.41 Å². The number of benzene rings is 2. The summed E-state index contributed by atoms with van der Waals surface area (Å²) < 4.78 is 2.19. The van der Waals surface area contributed by atoms with Crippen LogP contribution in [0.4, 0.5) is 16.2 Å². The minimum absolute atomic E-state index is 0.0311. The monoisotopic (exact) mass is 518 g/mol. The SMILES string of the molecule is C=C(CCN1c2ccc(Br)cc2C2(CCCCC2)c2cc(Br)ccc21)NC(=O)O. The highest BCUT2D eigenvalue weighted by Crippen LogP contribution is 2.56. The molecular formula is C23H24Br2N2O2. The van der Waals surface area contributed by atoms with Gasteiger partial charge >= 0.3 is 6.09 Å². The first-order valence-corrected chi connectivity index (χ1v) is 11.5. The van der Waals surface area contributed by atoms with Crippen LogP contribution < -0.4 is 10.2 Å². The predicted molar refractivity (Wildman–Crippen MR) is 124 cm³/mol. The molecule has 152 valence electrons. The minimum Gasteiger partial charge on any atom is -0.465 e. The van der Waals surface area contributed by atoms with Gasteiger partial charge in [0.15, 0.2) is 0 Å². The Hall–Kier alpha value is -1.79. The number of fused-ring (bicyclic) bond motifs is 4. The van der Waals surface area contributed by atoms with E-state index in [0.29, 0.717) is 18.7 Å². The smallest absolute Gasteiger partial charge is 0.408 e. The third kappa shape index (κ3) is 3.84. The molecule has 1 saturated carbocycles. The van der Waals surface area contributed by atoms with Crippen LogP contribution in [-0.4, -0.2) is 17.7 Å². The van der Waals surface area contributed by atoms with Crippen molar-refractivity contribution in [1.29, 1.82) is 0 Å². The Labute approximate surface area is 188 Å². The average Bonchev–Trinajstić information content (AvgIpc) is 2.69. The summed E-state index contributed by atoms with van der Waals surface area (Å²) in [7, 11) is 0. The number of hydrogen-bond donors (Lipinski definition) is 2. The second-order valence-electron chi connectivity index (χ2n) is 7.90. The molecule has 1 fully saturated rings. The molecule has 1 heterocycles. The molecule has 1 spiro atoms. The Morgan fingerprint density at radius 1 is 1.03 bits per heavy atom. The first kappa shape index (κ1) is 20.5. The molecule has 0 radical (unpaired) electrons. The molecule has 2 aliphatic rings. The van der Waals surface area contributed by atoms with E-state index in [2.05, 4.69) is 85.1 Å². The molecular weight excluding hydrogens is 496 g/mol. The predicted octanol–water partition coefficient (Wildman–Crippen LogP) is 7.08. The zero-order valence-electron chi connectivity index (χ0n) is 16.2. The van der Waals surface area contributed by atoms with Crippen LogP contribution in [0.2, 0.25) is 0 Å². The van der Waals surface area contributed by atoms with E-state index in [1.54, 1.807) is 0 Å². The van der Waals surface area contributed by atoms with Crippen molar-refractivity contribution in [1.82, 2.24) is 5.32 Å². The summed E-state index contributed by atoms with van der Waals surface area (Å²) >= 11 is 7.37. The summed E-state index contributed by atoms with van der Waals surface area (Å²) in [5.74, 6) is 0. The fraction of sp³-hybridized carbons (Fsp3) is 0.348. The van der Waals surface area contributed by atoms with E-state index in [1.807, 2.05) is 0 Å². The Morgan fingerprint density at radius 2 is 1.59 bits per heavy atom. The molecule has 0 unspecified atom stereocenters. The van der Waals surface area contributed by atoms with Crippen LogP contribution in [0.1, 0.15) is 49.7 Å². The molecule has 0 aromatic heterocycles. The van der Waals surface area contributed by atoms with Gasteiger partial charge in [0, 0.05) is 44.4 Å². The Morgan fingerprint density at radius 3 is 2.10 bits per heavy atom. The van der Waals surface area contributed by atoms with E-state index >= 15 is 0 Å². The van der Waals surface area contributed by atoms with Gasteiger partial charge in [0.25, 0.3) is 0 Å². The number of carbonyl (C=O) groups is 1. The van der Waals surface area contributed by atoms with Crippen LogP contribution in [0.5, 0.6) is 0 Å². The van der Waals surface area contributed by atoms with Gasteiger partial charge in [-0.2, -0.15) is 0 Å². The quantitative estimate of drug-likeness (QED) is 0.453. The fourth-order valence-corrected chi connectivity index (χ4v) is 5.65. The van der Waals surface area contributed by atoms with E-state index in [1.165, 1.54) is 41.8 Å². The van der Waals surface area contributed by atoms with Gasteiger partial charge in [-0.05, 0) is 60.4 Å². The molecule has 1 amide bonds. The van der Waals surface area contributed by atoms with Crippen molar-refractivity contribution in [2.75, 3.05) is 11.4 Å². The van der Waals surface area contributed by atoms with Crippen molar-refractivity contribution in [3.63, 3.8) is 0 Å². The second kappa shape index (κ2) is 8.15. The van der Waals surface area contributed by atoms with Gasteiger partial charge in [0.05, 0.1) is 0 Å². The van der Waals surface area contributed by atoms with Crippen molar-refractivity contribution in [2.24, 2.45) is 0 Å². The lowest BCUT2D eigenvalue weighted by molar-refractivity contribution is 0.197. The van der Waals surface area contributed by atoms with Crippen molar-refractivity contribution in [3.8, 4) is 0 Å². The maximum absolute atomic E-state index is 10.9. The zero-order chi connectivity index (χ0) is 20.6. The molecule has 0 bridgehead atoms. The molecule has 2 aromatic carbocycles. The molecule has 29 heavy (non-hydrogen) atoms. The largest absolute Gasteiger partial charge is 0.465 e. The first-order valence-electron chi connectivity index (χ1n) is 9.96. The normalized spacial score (nSPS) is 16.8. The number of halogens is 2. The maximum atomic E-state index is 10.9. The highest BCUT2D eigenvalue weighted by atomic mass is 79.9. The Bertz CT molecular complexity index is 912. The standard InChI is InChI=1S/C23H24Br2N2O2/c1-15(26-22(28)29)9-12-27-20-7-5-16(24)13-18(20)23(10-3-2-4-11-23)19-14-17(25)6-8-21(19)27/h5-8,13-14,26H,1-4,9-12H2,(H,28,29). The highest BCUT2D eigenvalue weighted by Gasteiger charge is 2.43. The van der Waals surface area contributed by atoms with Gasteiger partial charge in [-0.1, -0.05) is 57.7 Å². The second-order valence-corrected chi connectivity index (χ2v) is 9.73. The summed E-state index contributed by atoms with van der Waals surface area (Å²) in [6.45, 7) is 4.53. The van der Waals surface area contributed by atoms with Crippen LogP contribution in [0, 0.1) is 0 Å². The van der Waals surface area contributed by atoms with Crippen LogP contribution in [-0.2, 0) is 5.41 Å². The summed E-state index contributed by atoms with van der Waals surface area (Å²) in [5, 5.41) is 11.4. The van der Waals surface area contributed by atoms with Gasteiger partial charge in [-0.25, -0.2) is 4.79 Å². The molecule has 4 nitrogen and oxygen atoms in total. The number of carboxylic acid groups (broad SMARTS) is 1. The molecule has 2 N–H and O–H groups in total. The van der Waals surface area contributed by atoms with Crippen LogP contribution in [0.15, 0.2) is 57.6 Å². The van der Waals surface area contributed by atoms with E-state index in [9.17, 15) is 4.79 Å². The summed E-state index contributed by atoms with van der Waals surface area (Å²) in [4.78, 5) is 13.3. The van der Waals surface area contributed by atoms with E-state index in [0.717, 1.165) is 21.8 Å². The molecule has 1 aliphatic heterocycles. The first-order chi connectivity index (χ1) is 13.9. The fourth-order valence-electron chi connectivity index (χ4n) is 4.92.